The number of hydrogen-bond acceptors (Lipinski definition) is 7. The summed E-state index contributed by atoms with van der Waals surface area (Å²) in [4.78, 5) is 27.8. The molecular formula is C28H29NO7. The molecule has 4 rings (SSSR count). The Hall–Kier alpha value is -4.20. The molecule has 0 aliphatic carbocycles. The van der Waals surface area contributed by atoms with E-state index < -0.39 is 17.7 Å². The standard InChI is InChI=1S/C28H29NO7/c1-4-5-13-36-22-12-11-18(16-23(22)34-3)25-24(26(30)19-8-6-9-20(15-19)33-2)27(31)28(32)29(25)17-21-10-7-14-35-21/h6-12,14-16,25,30H,4-5,13,17H2,1-3H3/b26-24-. The van der Waals surface area contributed by atoms with Crippen LogP contribution in [0.25, 0.3) is 5.76 Å². The Morgan fingerprint density at radius 3 is 2.56 bits per heavy atom. The van der Waals surface area contributed by atoms with E-state index in [2.05, 4.69) is 6.92 Å². The molecule has 1 atom stereocenters. The second kappa shape index (κ2) is 11.0. The van der Waals surface area contributed by atoms with E-state index in [-0.39, 0.29) is 17.9 Å². The van der Waals surface area contributed by atoms with E-state index >= 15 is 0 Å². The van der Waals surface area contributed by atoms with Crippen molar-refractivity contribution >= 4 is 17.4 Å². The molecule has 3 aromatic rings. The highest BCUT2D eigenvalue weighted by Crippen LogP contribution is 2.43. The number of amides is 1. The first-order valence-corrected chi connectivity index (χ1v) is 11.7. The first-order valence-electron chi connectivity index (χ1n) is 11.7. The number of nitrogens with zero attached hydrogens (tertiary/aromatic N) is 1. The minimum Gasteiger partial charge on any atom is -0.507 e. The van der Waals surface area contributed by atoms with Gasteiger partial charge in [0, 0.05) is 5.56 Å². The number of aliphatic hydroxyl groups excluding tert-OH is 1. The van der Waals surface area contributed by atoms with Crippen LogP contribution in [0.2, 0.25) is 0 Å². The first-order chi connectivity index (χ1) is 17.5. The minimum absolute atomic E-state index is 0.0264. The summed E-state index contributed by atoms with van der Waals surface area (Å²) in [5, 5.41) is 11.3. The number of carbonyl (C=O) groups is 2. The molecule has 1 aromatic heterocycles. The second-order valence-electron chi connectivity index (χ2n) is 8.35. The maximum Gasteiger partial charge on any atom is 0.296 e. The van der Waals surface area contributed by atoms with Crippen LogP contribution in [0.1, 0.15) is 42.7 Å². The second-order valence-corrected chi connectivity index (χ2v) is 8.35. The highest BCUT2D eigenvalue weighted by atomic mass is 16.5. The van der Waals surface area contributed by atoms with Crippen LogP contribution in [-0.4, -0.2) is 42.5 Å². The number of likely N-dealkylation sites (tertiary alicyclic amines) is 1. The quantitative estimate of drug-likeness (QED) is 0.182. The first kappa shape index (κ1) is 24.9. The van der Waals surface area contributed by atoms with Gasteiger partial charge in [-0.25, -0.2) is 0 Å². The van der Waals surface area contributed by atoms with Crippen LogP contribution >= 0.6 is 0 Å². The van der Waals surface area contributed by atoms with Gasteiger partial charge in [0.05, 0.1) is 45.2 Å². The third kappa shape index (κ3) is 4.93. The van der Waals surface area contributed by atoms with E-state index in [0.717, 1.165) is 12.8 Å². The summed E-state index contributed by atoms with van der Waals surface area (Å²) >= 11 is 0. The third-order valence-corrected chi connectivity index (χ3v) is 6.05. The van der Waals surface area contributed by atoms with Crippen molar-refractivity contribution in [3.05, 3.63) is 83.3 Å². The molecule has 0 saturated carbocycles. The maximum atomic E-state index is 13.3. The zero-order valence-corrected chi connectivity index (χ0v) is 20.5. The molecule has 2 aromatic carbocycles. The normalized spacial score (nSPS) is 16.9. The fraction of sp³-hybridized carbons (Fsp3) is 0.286. The molecule has 0 bridgehead atoms. The van der Waals surface area contributed by atoms with Gasteiger partial charge in [0.15, 0.2) is 11.5 Å². The van der Waals surface area contributed by atoms with Crippen LogP contribution in [0, 0.1) is 0 Å². The predicted octanol–water partition coefficient (Wildman–Crippen LogP) is 5.10. The van der Waals surface area contributed by atoms with Gasteiger partial charge in [-0.05, 0) is 48.4 Å². The van der Waals surface area contributed by atoms with E-state index in [1.807, 2.05) is 0 Å². The van der Waals surface area contributed by atoms with Gasteiger partial charge in [-0.1, -0.05) is 31.5 Å². The number of Topliss-reactive ketones (excluding diaryl/α,β-unsaturated/α-hetero) is 1. The molecule has 8 heteroatoms. The molecule has 36 heavy (non-hydrogen) atoms. The summed E-state index contributed by atoms with van der Waals surface area (Å²) in [5.41, 5.74) is 0.924. The van der Waals surface area contributed by atoms with E-state index in [9.17, 15) is 14.7 Å². The molecule has 1 fully saturated rings. The number of rotatable bonds is 10. The summed E-state index contributed by atoms with van der Waals surface area (Å²) < 4.78 is 22.1. The van der Waals surface area contributed by atoms with Crippen LogP contribution in [-0.2, 0) is 16.1 Å². The van der Waals surface area contributed by atoms with E-state index in [1.165, 1.54) is 25.4 Å². The molecule has 0 spiro atoms. The molecule has 8 nitrogen and oxygen atoms in total. The van der Waals surface area contributed by atoms with Crippen LogP contribution in [0.4, 0.5) is 0 Å². The summed E-state index contributed by atoms with van der Waals surface area (Å²) in [6.07, 6.45) is 3.39. The number of unbranched alkanes of at least 4 members (excludes halogenated alkanes) is 1. The number of ketones is 1. The zero-order valence-electron chi connectivity index (χ0n) is 20.5. The lowest BCUT2D eigenvalue weighted by Gasteiger charge is -2.25. The molecule has 1 amide bonds. The average Bonchev–Trinajstić information content (AvgIpc) is 3.51. The minimum atomic E-state index is -0.875. The van der Waals surface area contributed by atoms with Gasteiger partial charge in [0.25, 0.3) is 11.7 Å². The van der Waals surface area contributed by atoms with E-state index in [1.54, 1.807) is 54.6 Å². The lowest BCUT2D eigenvalue weighted by Crippen LogP contribution is -2.29. The van der Waals surface area contributed by atoms with E-state index in [4.69, 9.17) is 18.6 Å². The molecule has 1 unspecified atom stereocenters. The molecule has 2 heterocycles. The van der Waals surface area contributed by atoms with Crippen LogP contribution in [0.15, 0.2) is 70.9 Å². The average molecular weight is 492 g/mol. The van der Waals surface area contributed by atoms with Crippen molar-refractivity contribution in [1.29, 1.82) is 0 Å². The number of benzene rings is 2. The fourth-order valence-corrected chi connectivity index (χ4v) is 4.19. The van der Waals surface area contributed by atoms with Crippen molar-refractivity contribution in [2.45, 2.75) is 32.4 Å². The van der Waals surface area contributed by atoms with Gasteiger partial charge >= 0.3 is 0 Å². The van der Waals surface area contributed by atoms with E-state index in [0.29, 0.717) is 40.7 Å². The Kier molecular flexibility index (Phi) is 7.63. The van der Waals surface area contributed by atoms with Crippen molar-refractivity contribution in [2.75, 3.05) is 20.8 Å². The number of aliphatic hydroxyl groups is 1. The molecule has 1 saturated heterocycles. The van der Waals surface area contributed by atoms with Gasteiger partial charge < -0.3 is 28.6 Å². The van der Waals surface area contributed by atoms with Crippen LogP contribution < -0.4 is 14.2 Å². The number of hydrogen-bond donors (Lipinski definition) is 1. The summed E-state index contributed by atoms with van der Waals surface area (Å²) in [6, 6.07) is 14.5. The lowest BCUT2D eigenvalue weighted by molar-refractivity contribution is -0.140. The predicted molar refractivity (Wildman–Crippen MR) is 133 cm³/mol. The fourth-order valence-electron chi connectivity index (χ4n) is 4.19. The molecule has 1 N–H and O–H groups in total. The highest BCUT2D eigenvalue weighted by Gasteiger charge is 2.46. The molecule has 188 valence electrons. The number of methoxy groups -OCH3 is 2. The van der Waals surface area contributed by atoms with Gasteiger partial charge in [0.2, 0.25) is 0 Å². The smallest absolute Gasteiger partial charge is 0.296 e. The molecule has 0 radical (unpaired) electrons. The largest absolute Gasteiger partial charge is 0.507 e. The zero-order chi connectivity index (χ0) is 25.7. The highest BCUT2D eigenvalue weighted by molar-refractivity contribution is 6.46. The summed E-state index contributed by atoms with van der Waals surface area (Å²) in [7, 11) is 3.04. The third-order valence-electron chi connectivity index (χ3n) is 6.05. The van der Waals surface area contributed by atoms with Crippen LogP contribution in [0.3, 0.4) is 0 Å². The number of ether oxygens (including phenoxy) is 3. The van der Waals surface area contributed by atoms with Gasteiger partial charge in [-0.3, -0.25) is 9.59 Å². The maximum absolute atomic E-state index is 13.3. The SMILES string of the molecule is CCCCOc1ccc(C2/C(=C(/O)c3cccc(OC)c3)C(=O)C(=O)N2Cc2ccco2)cc1OC. The Morgan fingerprint density at radius 2 is 1.86 bits per heavy atom. The van der Waals surface area contributed by atoms with Crippen molar-refractivity contribution in [2.24, 2.45) is 0 Å². The van der Waals surface area contributed by atoms with Gasteiger partial charge in [-0.2, -0.15) is 0 Å². The summed E-state index contributed by atoms with van der Waals surface area (Å²) in [5.74, 6) is 0.239. The lowest BCUT2D eigenvalue weighted by atomic mass is 9.95. The van der Waals surface area contributed by atoms with Crippen molar-refractivity contribution in [3.63, 3.8) is 0 Å². The Bertz CT molecular complexity index is 1260. The Morgan fingerprint density at radius 1 is 1.03 bits per heavy atom. The Balaban J connectivity index is 1.83. The Labute approximate surface area is 209 Å². The molecular weight excluding hydrogens is 462 g/mol. The topological polar surface area (TPSA) is 98.4 Å². The van der Waals surface area contributed by atoms with Crippen molar-refractivity contribution < 1.29 is 33.3 Å². The molecule has 1 aliphatic rings. The molecule has 1 aliphatic heterocycles. The van der Waals surface area contributed by atoms with Crippen LogP contribution in [0.5, 0.6) is 17.2 Å². The van der Waals surface area contributed by atoms with Gasteiger partial charge in [-0.15, -0.1) is 0 Å². The van der Waals surface area contributed by atoms with Gasteiger partial charge in [0.1, 0.15) is 17.3 Å². The monoisotopic (exact) mass is 491 g/mol. The summed E-state index contributed by atoms with van der Waals surface area (Å²) in [6.45, 7) is 2.67. The van der Waals surface area contributed by atoms with Crippen molar-refractivity contribution in [3.8, 4) is 17.2 Å². The van der Waals surface area contributed by atoms with Crippen molar-refractivity contribution in [1.82, 2.24) is 4.90 Å². The number of carbonyl (C=O) groups excluding carboxylic acids is 2. The number of furan rings is 1.